The highest BCUT2D eigenvalue weighted by Crippen LogP contribution is 2.32. The topological polar surface area (TPSA) is 139 Å². The number of esters is 2. The number of carboxylic acids is 2. The fourth-order valence-electron chi connectivity index (χ4n) is 4.23. The van der Waals surface area contributed by atoms with Gasteiger partial charge in [0, 0.05) is 60.2 Å². The van der Waals surface area contributed by atoms with Crippen LogP contribution < -0.4 is 10.2 Å². The minimum Gasteiger partial charge on any atom is -0.545 e. The van der Waals surface area contributed by atoms with Gasteiger partial charge >= 0.3 is 11.9 Å². The van der Waals surface area contributed by atoms with E-state index in [1.807, 2.05) is 0 Å². The molecule has 2 rings (SSSR count). The maximum Gasteiger partial charge on any atom is 0.335 e. The van der Waals surface area contributed by atoms with Crippen LogP contribution in [0.1, 0.15) is 40.5 Å². The normalized spacial score (nSPS) is 16.7. The van der Waals surface area contributed by atoms with Crippen molar-refractivity contribution in [2.24, 2.45) is 0 Å². The number of aliphatic carboxylic acids is 2. The monoisotopic (exact) mass is 506 g/mol. The number of hydrogen-bond donors (Lipinski definition) is 0. The molecule has 0 atom stereocenters. The van der Waals surface area contributed by atoms with E-state index < -0.39 is 23.9 Å². The minimum atomic E-state index is -1.33. The highest BCUT2D eigenvalue weighted by Gasteiger charge is 2.29. The molecule has 2 heterocycles. The molecule has 10 nitrogen and oxygen atoms in total. The first kappa shape index (κ1) is 28.0. The minimum absolute atomic E-state index is 0.0426. The van der Waals surface area contributed by atoms with Crippen LogP contribution in [0.5, 0.6) is 0 Å². The average molecular weight is 507 g/mol. The maximum atomic E-state index is 12.1. The molecule has 0 fully saturated rings. The zero-order valence-electron chi connectivity index (χ0n) is 20.8. The number of ether oxygens (including phenoxy) is 2. The van der Waals surface area contributed by atoms with Crippen molar-refractivity contribution in [1.29, 1.82) is 0 Å². The molecule has 0 aliphatic carbocycles. The summed E-state index contributed by atoms with van der Waals surface area (Å²) in [5.74, 6) is -2.61. The standard InChI is InChI=1S/C24H32N2O8S/c1-13-17(21(27)28)11-19(23(31)33-5)15(3)25(13)7-9-35-10-8-26-14(2)18(22(29)30)12-20(16(26)4)24(32)34-6/h7-12H2,1-6H3,(H,27,28)(H,29,30)/p-2. The van der Waals surface area contributed by atoms with Crippen molar-refractivity contribution in [3.05, 3.63) is 45.1 Å². The number of allylic oxidation sites excluding steroid dienone is 4. The third kappa shape index (κ3) is 6.08. The van der Waals surface area contributed by atoms with Crippen LogP contribution in [0.2, 0.25) is 0 Å². The van der Waals surface area contributed by atoms with Crippen molar-refractivity contribution in [3.8, 4) is 0 Å². The summed E-state index contributed by atoms with van der Waals surface area (Å²) in [5.41, 5.74) is 2.95. The van der Waals surface area contributed by atoms with Gasteiger partial charge < -0.3 is 39.1 Å². The third-order valence-electron chi connectivity index (χ3n) is 6.35. The van der Waals surface area contributed by atoms with E-state index in [-0.39, 0.29) is 35.1 Å². The first-order valence-corrected chi connectivity index (χ1v) is 12.1. The Morgan fingerprint density at radius 3 is 1.29 bits per heavy atom. The van der Waals surface area contributed by atoms with Crippen LogP contribution in [-0.2, 0) is 28.7 Å². The van der Waals surface area contributed by atoms with Crippen molar-refractivity contribution in [2.45, 2.75) is 40.5 Å². The average Bonchev–Trinajstić information content (AvgIpc) is 2.81. The molecule has 0 spiro atoms. The van der Waals surface area contributed by atoms with Crippen LogP contribution in [-0.4, -0.2) is 72.5 Å². The predicted molar refractivity (Wildman–Crippen MR) is 125 cm³/mol. The Morgan fingerprint density at radius 2 is 1.00 bits per heavy atom. The first-order chi connectivity index (χ1) is 16.5. The Labute approximate surface area is 208 Å². The van der Waals surface area contributed by atoms with Crippen molar-refractivity contribution in [1.82, 2.24) is 9.80 Å². The smallest absolute Gasteiger partial charge is 0.335 e. The molecule has 0 bridgehead atoms. The Balaban J connectivity index is 2.11. The molecule has 0 aromatic heterocycles. The lowest BCUT2D eigenvalue weighted by Gasteiger charge is -2.35. The van der Waals surface area contributed by atoms with Crippen LogP contribution in [0.4, 0.5) is 0 Å². The molecule has 0 radical (unpaired) electrons. The molecule has 0 saturated heterocycles. The number of carboxylic acid groups (broad SMARTS) is 2. The first-order valence-electron chi connectivity index (χ1n) is 11.0. The highest BCUT2D eigenvalue weighted by molar-refractivity contribution is 7.99. The number of nitrogens with zero attached hydrogens (tertiary/aromatic N) is 2. The number of methoxy groups -OCH3 is 2. The van der Waals surface area contributed by atoms with Gasteiger partial charge in [-0.25, -0.2) is 9.59 Å². The van der Waals surface area contributed by atoms with E-state index in [4.69, 9.17) is 9.47 Å². The summed E-state index contributed by atoms with van der Waals surface area (Å²) in [7, 11) is 2.50. The van der Waals surface area contributed by atoms with E-state index in [0.717, 1.165) is 0 Å². The van der Waals surface area contributed by atoms with Crippen LogP contribution in [0.25, 0.3) is 0 Å². The molecule has 0 saturated carbocycles. The van der Waals surface area contributed by atoms with Gasteiger partial charge in [-0.2, -0.15) is 11.8 Å². The van der Waals surface area contributed by atoms with E-state index in [2.05, 4.69) is 0 Å². The quantitative estimate of drug-likeness (QED) is 0.294. The Morgan fingerprint density at radius 1 is 0.686 bits per heavy atom. The van der Waals surface area contributed by atoms with Crippen molar-refractivity contribution in [3.63, 3.8) is 0 Å². The molecule has 2 aliphatic heterocycles. The molecule has 0 aromatic rings. The highest BCUT2D eigenvalue weighted by atomic mass is 32.2. The molecule has 0 unspecified atom stereocenters. The third-order valence-corrected chi connectivity index (χ3v) is 7.29. The van der Waals surface area contributed by atoms with Crippen molar-refractivity contribution in [2.75, 3.05) is 38.8 Å². The summed E-state index contributed by atoms with van der Waals surface area (Å²) in [6.07, 6.45) is -0.0996. The van der Waals surface area contributed by atoms with E-state index >= 15 is 0 Å². The van der Waals surface area contributed by atoms with Gasteiger partial charge in [-0.05, 0) is 38.8 Å². The predicted octanol–water partition coefficient (Wildman–Crippen LogP) is 0.0728. The number of carbonyl (C=O) groups excluding carboxylic acids is 4. The van der Waals surface area contributed by atoms with Gasteiger partial charge in [0.25, 0.3) is 0 Å². The van der Waals surface area contributed by atoms with Gasteiger partial charge in [0.15, 0.2) is 0 Å². The molecule has 0 aromatic carbocycles. The lowest BCUT2D eigenvalue weighted by atomic mass is 9.96. The van der Waals surface area contributed by atoms with E-state index in [9.17, 15) is 29.4 Å². The second-order valence-electron chi connectivity index (χ2n) is 8.08. The summed E-state index contributed by atoms with van der Waals surface area (Å²) >= 11 is 1.57. The van der Waals surface area contributed by atoms with Crippen LogP contribution in [0.15, 0.2) is 45.1 Å². The van der Waals surface area contributed by atoms with Crippen molar-refractivity contribution >= 4 is 35.6 Å². The lowest BCUT2D eigenvalue weighted by Crippen LogP contribution is -2.36. The molecule has 2 aliphatic rings. The second kappa shape index (κ2) is 12.0. The number of thioether (sulfide) groups is 1. The fraction of sp³-hybridized carbons (Fsp3) is 0.500. The number of carbonyl (C=O) groups is 4. The molecule has 0 amide bonds. The summed E-state index contributed by atoms with van der Waals surface area (Å²) in [5, 5.41) is 23.2. The Kier molecular flexibility index (Phi) is 9.58. The van der Waals surface area contributed by atoms with Crippen LogP contribution in [0, 0.1) is 0 Å². The van der Waals surface area contributed by atoms with Crippen LogP contribution in [0.3, 0.4) is 0 Å². The molecular formula is C24H30N2O8S-2. The SMILES string of the molecule is COC(=O)C1=C(C)N(CCSCCN2C(C)=C(C(=O)[O-])CC(C(=O)OC)=C2C)C(C)=C(C(=O)[O-])C1. The zero-order valence-corrected chi connectivity index (χ0v) is 21.6. The number of rotatable bonds is 10. The van der Waals surface area contributed by atoms with E-state index in [1.165, 1.54) is 14.2 Å². The van der Waals surface area contributed by atoms with E-state index in [1.54, 1.807) is 49.3 Å². The zero-order chi connectivity index (χ0) is 26.4. The molecule has 35 heavy (non-hydrogen) atoms. The molecule has 11 heteroatoms. The summed E-state index contributed by atoms with van der Waals surface area (Å²) < 4.78 is 9.61. The fourth-order valence-corrected chi connectivity index (χ4v) is 5.06. The van der Waals surface area contributed by atoms with Crippen molar-refractivity contribution < 1.29 is 38.9 Å². The van der Waals surface area contributed by atoms with Gasteiger partial charge in [-0.3, -0.25) is 0 Å². The summed E-state index contributed by atoms with van der Waals surface area (Å²) in [6.45, 7) is 7.75. The summed E-state index contributed by atoms with van der Waals surface area (Å²) in [4.78, 5) is 51.0. The number of hydrogen-bond acceptors (Lipinski definition) is 11. The Hall–Kier alpha value is -3.21. The largest absolute Gasteiger partial charge is 0.545 e. The van der Waals surface area contributed by atoms with Gasteiger partial charge in [-0.1, -0.05) is 0 Å². The molecular weight excluding hydrogens is 476 g/mol. The van der Waals surface area contributed by atoms with Gasteiger partial charge in [0.05, 0.1) is 37.3 Å². The second-order valence-corrected chi connectivity index (χ2v) is 9.31. The van der Waals surface area contributed by atoms with Gasteiger partial charge in [0.2, 0.25) is 0 Å². The van der Waals surface area contributed by atoms with Gasteiger partial charge in [0.1, 0.15) is 0 Å². The van der Waals surface area contributed by atoms with E-state index in [0.29, 0.717) is 47.4 Å². The summed E-state index contributed by atoms with van der Waals surface area (Å²) in [6, 6.07) is 0. The maximum absolute atomic E-state index is 12.1. The molecule has 192 valence electrons. The van der Waals surface area contributed by atoms with Gasteiger partial charge in [-0.15, -0.1) is 0 Å². The van der Waals surface area contributed by atoms with Crippen LogP contribution >= 0.6 is 11.8 Å². The molecule has 0 N–H and O–H groups in total. The Bertz CT molecular complexity index is 972. The lowest BCUT2D eigenvalue weighted by molar-refractivity contribution is -0.300.